The number of hydrogen-bond acceptors (Lipinski definition) is 3. The minimum atomic E-state index is -3.39. The maximum Gasteiger partial charge on any atom is 0.279 e. The van der Waals surface area contributed by atoms with Gasteiger partial charge in [0.1, 0.15) is 0 Å². The van der Waals surface area contributed by atoms with Crippen LogP contribution in [0.3, 0.4) is 0 Å². The summed E-state index contributed by atoms with van der Waals surface area (Å²) in [5.74, 6) is 0. The van der Waals surface area contributed by atoms with Gasteiger partial charge in [0.2, 0.25) is 0 Å². The van der Waals surface area contributed by atoms with Crippen molar-refractivity contribution >= 4 is 10.2 Å². The molecular formula is C5H14N2O3S. The van der Waals surface area contributed by atoms with Crippen molar-refractivity contribution in [1.82, 2.24) is 9.03 Å². The van der Waals surface area contributed by atoms with Crippen molar-refractivity contribution in [2.24, 2.45) is 0 Å². The molecule has 0 heterocycles. The Labute approximate surface area is 67.2 Å². The number of aliphatic hydroxyl groups excluding tert-OH is 1. The van der Waals surface area contributed by atoms with Gasteiger partial charge >= 0.3 is 0 Å². The first-order valence-corrected chi connectivity index (χ1v) is 4.67. The van der Waals surface area contributed by atoms with Crippen LogP contribution in [-0.4, -0.2) is 44.6 Å². The molecule has 2 N–H and O–H groups in total. The van der Waals surface area contributed by atoms with Gasteiger partial charge in [-0.05, 0) is 6.92 Å². The SMILES string of the molecule is CNS(=O)(=O)N(C)[C@@H](C)CO. The normalized spacial score (nSPS) is 15.4. The first-order valence-electron chi connectivity index (χ1n) is 3.23. The van der Waals surface area contributed by atoms with E-state index in [1.54, 1.807) is 6.92 Å². The Hall–Kier alpha value is -0.170. The van der Waals surface area contributed by atoms with E-state index in [2.05, 4.69) is 4.72 Å². The van der Waals surface area contributed by atoms with Crippen LogP contribution in [-0.2, 0) is 10.2 Å². The minimum Gasteiger partial charge on any atom is -0.395 e. The lowest BCUT2D eigenvalue weighted by Crippen LogP contribution is -2.42. The molecule has 0 spiro atoms. The lowest BCUT2D eigenvalue weighted by Gasteiger charge is -2.21. The molecule has 0 saturated heterocycles. The summed E-state index contributed by atoms with van der Waals surface area (Å²) in [4.78, 5) is 0. The van der Waals surface area contributed by atoms with E-state index < -0.39 is 16.3 Å². The lowest BCUT2D eigenvalue weighted by atomic mass is 10.4. The van der Waals surface area contributed by atoms with Crippen LogP contribution in [0.25, 0.3) is 0 Å². The van der Waals surface area contributed by atoms with Crippen LogP contribution < -0.4 is 4.72 Å². The predicted molar refractivity (Wildman–Crippen MR) is 42.3 cm³/mol. The van der Waals surface area contributed by atoms with Crippen molar-refractivity contribution in [3.8, 4) is 0 Å². The van der Waals surface area contributed by atoms with Crippen molar-refractivity contribution in [1.29, 1.82) is 0 Å². The highest BCUT2D eigenvalue weighted by Gasteiger charge is 2.19. The molecule has 1 atom stereocenters. The molecule has 0 aliphatic carbocycles. The Morgan fingerprint density at radius 3 is 2.36 bits per heavy atom. The maximum absolute atomic E-state index is 11.0. The van der Waals surface area contributed by atoms with Crippen molar-refractivity contribution in [2.45, 2.75) is 13.0 Å². The molecule has 0 unspecified atom stereocenters. The molecular weight excluding hydrogens is 168 g/mol. The van der Waals surface area contributed by atoms with Gasteiger partial charge in [0.25, 0.3) is 10.2 Å². The fourth-order valence-corrected chi connectivity index (χ4v) is 1.32. The molecule has 0 rings (SSSR count). The smallest absolute Gasteiger partial charge is 0.279 e. The molecule has 0 aliphatic heterocycles. The van der Waals surface area contributed by atoms with Crippen molar-refractivity contribution in [2.75, 3.05) is 20.7 Å². The van der Waals surface area contributed by atoms with Crippen molar-refractivity contribution < 1.29 is 13.5 Å². The van der Waals surface area contributed by atoms with Gasteiger partial charge in [0.05, 0.1) is 6.61 Å². The van der Waals surface area contributed by atoms with Crippen molar-refractivity contribution in [3.63, 3.8) is 0 Å². The summed E-state index contributed by atoms with van der Waals surface area (Å²) in [5, 5.41) is 8.63. The van der Waals surface area contributed by atoms with Crippen LogP contribution in [0.15, 0.2) is 0 Å². The molecule has 0 aliphatic rings. The summed E-state index contributed by atoms with van der Waals surface area (Å²) in [6, 6.07) is -0.396. The summed E-state index contributed by atoms with van der Waals surface area (Å²) in [7, 11) is -0.647. The van der Waals surface area contributed by atoms with Crippen LogP contribution in [0.2, 0.25) is 0 Å². The quantitative estimate of drug-likeness (QED) is 0.571. The Kier molecular flexibility index (Phi) is 3.95. The highest BCUT2D eigenvalue weighted by Crippen LogP contribution is 1.99. The van der Waals surface area contributed by atoms with E-state index in [1.165, 1.54) is 14.1 Å². The summed E-state index contributed by atoms with van der Waals surface area (Å²) < 4.78 is 25.2. The molecule has 0 saturated carbocycles. The van der Waals surface area contributed by atoms with Crippen LogP contribution in [0, 0.1) is 0 Å². The van der Waals surface area contributed by atoms with Gasteiger partial charge in [-0.15, -0.1) is 0 Å². The fourth-order valence-electron chi connectivity index (χ4n) is 0.496. The zero-order valence-electron chi connectivity index (χ0n) is 6.90. The zero-order chi connectivity index (χ0) is 9.07. The summed E-state index contributed by atoms with van der Waals surface area (Å²) in [6.07, 6.45) is 0. The molecule has 6 heteroatoms. The molecule has 0 amide bonds. The first kappa shape index (κ1) is 10.8. The Morgan fingerprint density at radius 2 is 2.09 bits per heavy atom. The van der Waals surface area contributed by atoms with E-state index in [1.807, 2.05) is 0 Å². The highest BCUT2D eigenvalue weighted by atomic mass is 32.2. The van der Waals surface area contributed by atoms with E-state index in [-0.39, 0.29) is 6.61 Å². The third kappa shape index (κ3) is 2.74. The Morgan fingerprint density at radius 1 is 1.64 bits per heavy atom. The van der Waals surface area contributed by atoms with Crippen LogP contribution in [0.4, 0.5) is 0 Å². The third-order valence-corrected chi connectivity index (χ3v) is 3.16. The number of likely N-dealkylation sites (N-methyl/N-ethyl adjacent to an activating group) is 1. The molecule has 0 bridgehead atoms. The summed E-state index contributed by atoms with van der Waals surface area (Å²) in [6.45, 7) is 1.44. The van der Waals surface area contributed by atoms with Gasteiger partial charge in [0.15, 0.2) is 0 Å². The number of nitrogens with zero attached hydrogens (tertiary/aromatic N) is 1. The summed E-state index contributed by atoms with van der Waals surface area (Å²) in [5.41, 5.74) is 0. The Bertz CT molecular complexity index is 202. The van der Waals surface area contributed by atoms with E-state index in [0.717, 1.165) is 4.31 Å². The molecule has 0 fully saturated rings. The van der Waals surface area contributed by atoms with Gasteiger partial charge in [-0.25, -0.2) is 4.72 Å². The molecule has 68 valence electrons. The monoisotopic (exact) mass is 182 g/mol. The average molecular weight is 182 g/mol. The van der Waals surface area contributed by atoms with Gasteiger partial charge in [0, 0.05) is 20.1 Å². The topological polar surface area (TPSA) is 69.6 Å². The third-order valence-electron chi connectivity index (χ3n) is 1.52. The van der Waals surface area contributed by atoms with E-state index in [0.29, 0.717) is 0 Å². The molecule has 11 heavy (non-hydrogen) atoms. The minimum absolute atomic E-state index is 0.183. The first-order chi connectivity index (χ1) is 4.95. The molecule has 5 nitrogen and oxygen atoms in total. The molecule has 0 radical (unpaired) electrons. The van der Waals surface area contributed by atoms with Gasteiger partial charge in [-0.2, -0.15) is 12.7 Å². The predicted octanol–water partition coefficient (Wildman–Crippen LogP) is -1.24. The number of aliphatic hydroxyl groups is 1. The second kappa shape index (κ2) is 4.01. The van der Waals surface area contributed by atoms with Crippen LogP contribution >= 0.6 is 0 Å². The van der Waals surface area contributed by atoms with Crippen LogP contribution in [0.5, 0.6) is 0 Å². The van der Waals surface area contributed by atoms with E-state index in [4.69, 9.17) is 5.11 Å². The van der Waals surface area contributed by atoms with Gasteiger partial charge in [-0.3, -0.25) is 0 Å². The average Bonchev–Trinajstić information content (AvgIpc) is 2.01. The van der Waals surface area contributed by atoms with Gasteiger partial charge < -0.3 is 5.11 Å². The number of rotatable bonds is 4. The zero-order valence-corrected chi connectivity index (χ0v) is 7.72. The second-order valence-electron chi connectivity index (χ2n) is 2.26. The standard InChI is InChI=1S/C5H14N2O3S/c1-5(4-8)7(3)11(9,10)6-2/h5-6,8H,4H2,1-3H3/t5-/m0/s1. The van der Waals surface area contributed by atoms with Gasteiger partial charge in [-0.1, -0.05) is 0 Å². The Balaban J connectivity index is 4.36. The van der Waals surface area contributed by atoms with E-state index in [9.17, 15) is 8.42 Å². The molecule has 0 aromatic heterocycles. The summed E-state index contributed by atoms with van der Waals surface area (Å²) >= 11 is 0. The molecule has 0 aromatic carbocycles. The maximum atomic E-state index is 11.0. The largest absolute Gasteiger partial charge is 0.395 e. The lowest BCUT2D eigenvalue weighted by molar-refractivity contribution is 0.213. The van der Waals surface area contributed by atoms with E-state index >= 15 is 0 Å². The van der Waals surface area contributed by atoms with Crippen molar-refractivity contribution in [3.05, 3.63) is 0 Å². The highest BCUT2D eigenvalue weighted by molar-refractivity contribution is 7.87. The fraction of sp³-hybridized carbons (Fsp3) is 1.00. The number of nitrogens with one attached hydrogen (secondary N) is 1. The second-order valence-corrected chi connectivity index (χ2v) is 4.19. The number of hydrogen-bond donors (Lipinski definition) is 2. The molecule has 0 aromatic rings. The van der Waals surface area contributed by atoms with Crippen LogP contribution in [0.1, 0.15) is 6.92 Å².